The summed E-state index contributed by atoms with van der Waals surface area (Å²) in [5, 5.41) is 10.8. The van der Waals surface area contributed by atoms with E-state index >= 15 is 0 Å². The van der Waals surface area contributed by atoms with E-state index in [9.17, 15) is 18.3 Å². The van der Waals surface area contributed by atoms with Gasteiger partial charge in [0.25, 0.3) is 10.0 Å². The van der Waals surface area contributed by atoms with Gasteiger partial charge in [0, 0.05) is 11.9 Å². The van der Waals surface area contributed by atoms with Crippen LogP contribution in [0.5, 0.6) is 0 Å². The fourth-order valence-corrected chi connectivity index (χ4v) is 6.59. The lowest BCUT2D eigenvalue weighted by atomic mass is 10.0. The molecule has 0 fully saturated rings. The zero-order valence-electron chi connectivity index (χ0n) is 21.8. The summed E-state index contributed by atoms with van der Waals surface area (Å²) in [6, 6.07) is 27.6. The smallest absolute Gasteiger partial charge is 0.335 e. The van der Waals surface area contributed by atoms with Gasteiger partial charge in [-0.05, 0) is 60.0 Å². The third kappa shape index (κ3) is 6.43. The molecule has 4 aromatic rings. The van der Waals surface area contributed by atoms with Gasteiger partial charge < -0.3 is 5.11 Å². The highest BCUT2D eigenvalue weighted by Crippen LogP contribution is 2.32. The molecule has 0 aliphatic heterocycles. The number of benzene rings is 4. The summed E-state index contributed by atoms with van der Waals surface area (Å²) in [5.41, 5.74) is 2.92. The largest absolute Gasteiger partial charge is 0.478 e. The Balaban J connectivity index is 1.67. The van der Waals surface area contributed by atoms with Crippen LogP contribution in [-0.4, -0.2) is 26.0 Å². The average Bonchev–Trinajstić information content (AvgIpc) is 2.94. The highest BCUT2D eigenvalue weighted by atomic mass is 32.2. The first-order valence-corrected chi connectivity index (χ1v) is 14.8. The molecule has 1 N–H and O–H groups in total. The van der Waals surface area contributed by atoms with Crippen molar-refractivity contribution in [1.29, 1.82) is 0 Å². The standard InChI is InChI=1S/C32H35NO4S/c1-2-3-4-5-10-24-33(38(36,37)31-17-11-14-26-12-6-8-15-29(26)31)30-16-9-7-13-27(30)21-18-25-19-22-28(23-20-25)32(34)35/h6-9,11-17,19-20,22-23H,2-5,10,18,21,24H2,1H3,(H,34,35). The van der Waals surface area contributed by atoms with Crippen LogP contribution in [0.3, 0.4) is 0 Å². The number of hydrogen-bond acceptors (Lipinski definition) is 3. The Bertz CT molecular complexity index is 1470. The molecule has 0 saturated carbocycles. The normalized spacial score (nSPS) is 11.5. The first-order chi connectivity index (χ1) is 18.4. The predicted octanol–water partition coefficient (Wildman–Crippen LogP) is 7.49. The molecule has 0 aliphatic rings. The Morgan fingerprint density at radius 1 is 0.763 bits per heavy atom. The van der Waals surface area contributed by atoms with Gasteiger partial charge >= 0.3 is 5.97 Å². The number of rotatable bonds is 13. The van der Waals surface area contributed by atoms with Gasteiger partial charge in [-0.3, -0.25) is 4.31 Å². The highest BCUT2D eigenvalue weighted by Gasteiger charge is 2.28. The number of carbonyl (C=O) groups is 1. The van der Waals surface area contributed by atoms with Gasteiger partial charge in [0.2, 0.25) is 0 Å². The molecule has 0 aliphatic carbocycles. The number of fused-ring (bicyclic) bond motifs is 1. The molecule has 0 spiro atoms. The summed E-state index contributed by atoms with van der Waals surface area (Å²) in [6.07, 6.45) is 6.45. The summed E-state index contributed by atoms with van der Waals surface area (Å²) < 4.78 is 30.1. The van der Waals surface area contributed by atoms with Crippen LogP contribution in [0.15, 0.2) is 95.9 Å². The molecule has 5 nitrogen and oxygen atoms in total. The molecular weight excluding hydrogens is 494 g/mol. The molecule has 4 rings (SSSR count). The minimum absolute atomic E-state index is 0.254. The molecule has 0 saturated heterocycles. The average molecular weight is 530 g/mol. The van der Waals surface area contributed by atoms with Crippen molar-refractivity contribution in [3.63, 3.8) is 0 Å². The van der Waals surface area contributed by atoms with Crippen molar-refractivity contribution in [3.8, 4) is 0 Å². The van der Waals surface area contributed by atoms with Crippen LogP contribution in [0, 0.1) is 0 Å². The Hall–Kier alpha value is -3.64. The number of carboxylic acid groups (broad SMARTS) is 1. The van der Waals surface area contributed by atoms with Crippen molar-refractivity contribution in [1.82, 2.24) is 0 Å². The number of aromatic carboxylic acids is 1. The molecule has 0 bridgehead atoms. The Morgan fingerprint density at radius 3 is 2.21 bits per heavy atom. The van der Waals surface area contributed by atoms with E-state index in [-0.39, 0.29) is 5.56 Å². The van der Waals surface area contributed by atoms with Crippen molar-refractivity contribution in [3.05, 3.63) is 108 Å². The second kappa shape index (κ2) is 12.7. The van der Waals surface area contributed by atoms with Crippen molar-refractivity contribution >= 4 is 32.5 Å². The lowest BCUT2D eigenvalue weighted by molar-refractivity contribution is 0.0697. The number of nitrogens with zero attached hydrogens (tertiary/aromatic N) is 1. The first kappa shape index (κ1) is 27.4. The predicted molar refractivity (Wildman–Crippen MR) is 154 cm³/mol. The van der Waals surface area contributed by atoms with Crippen molar-refractivity contribution in [2.24, 2.45) is 0 Å². The highest BCUT2D eigenvalue weighted by molar-refractivity contribution is 7.93. The number of carboxylic acids is 1. The quantitative estimate of drug-likeness (QED) is 0.182. The number of hydrogen-bond donors (Lipinski definition) is 1. The number of para-hydroxylation sites is 1. The SMILES string of the molecule is CCCCCCCN(c1ccccc1CCc1ccc(C(=O)O)cc1)S(=O)(=O)c1cccc2ccccc12. The third-order valence-corrected chi connectivity index (χ3v) is 8.80. The van der Waals surface area contributed by atoms with Crippen LogP contribution in [0.2, 0.25) is 0 Å². The molecule has 38 heavy (non-hydrogen) atoms. The Labute approximate surface area is 225 Å². The second-order valence-corrected chi connectivity index (χ2v) is 11.4. The fourth-order valence-electron chi connectivity index (χ4n) is 4.83. The van der Waals surface area contributed by atoms with Crippen LogP contribution >= 0.6 is 0 Å². The van der Waals surface area contributed by atoms with E-state index in [2.05, 4.69) is 6.92 Å². The Morgan fingerprint density at radius 2 is 1.45 bits per heavy atom. The maximum Gasteiger partial charge on any atom is 0.335 e. The van der Waals surface area contributed by atoms with Gasteiger partial charge in [-0.15, -0.1) is 0 Å². The van der Waals surface area contributed by atoms with E-state index in [1.54, 1.807) is 28.6 Å². The molecule has 4 aromatic carbocycles. The van der Waals surface area contributed by atoms with E-state index in [0.29, 0.717) is 30.0 Å². The summed E-state index contributed by atoms with van der Waals surface area (Å²) in [7, 11) is -3.83. The lowest BCUT2D eigenvalue weighted by Crippen LogP contribution is -2.33. The number of unbranched alkanes of at least 4 members (excludes halogenated alkanes) is 4. The van der Waals surface area contributed by atoms with Crippen molar-refractivity contribution < 1.29 is 18.3 Å². The molecule has 0 heterocycles. The van der Waals surface area contributed by atoms with Crippen LogP contribution in [-0.2, 0) is 22.9 Å². The van der Waals surface area contributed by atoms with Gasteiger partial charge in [-0.1, -0.05) is 99.3 Å². The van der Waals surface area contributed by atoms with Crippen LogP contribution < -0.4 is 4.31 Å². The molecule has 0 radical (unpaired) electrons. The summed E-state index contributed by atoms with van der Waals surface area (Å²) >= 11 is 0. The molecule has 0 aromatic heterocycles. The van der Waals surface area contributed by atoms with Gasteiger partial charge in [0.1, 0.15) is 0 Å². The zero-order chi connectivity index (χ0) is 27.0. The molecular formula is C32H35NO4S. The molecule has 198 valence electrons. The van der Waals surface area contributed by atoms with E-state index < -0.39 is 16.0 Å². The van der Waals surface area contributed by atoms with E-state index in [1.807, 2.05) is 66.7 Å². The van der Waals surface area contributed by atoms with E-state index in [4.69, 9.17) is 0 Å². The van der Waals surface area contributed by atoms with E-state index in [0.717, 1.165) is 54.0 Å². The van der Waals surface area contributed by atoms with Gasteiger partial charge in [-0.2, -0.15) is 0 Å². The molecule has 0 unspecified atom stereocenters. The first-order valence-electron chi connectivity index (χ1n) is 13.3. The van der Waals surface area contributed by atoms with Gasteiger partial charge in [0.05, 0.1) is 16.1 Å². The van der Waals surface area contributed by atoms with Crippen LogP contribution in [0.1, 0.15) is 60.5 Å². The number of aryl methyl sites for hydroxylation is 2. The minimum Gasteiger partial charge on any atom is -0.478 e. The molecule has 0 atom stereocenters. The summed E-state index contributed by atoms with van der Waals surface area (Å²) in [6.45, 7) is 2.59. The van der Waals surface area contributed by atoms with Crippen LogP contribution in [0.4, 0.5) is 5.69 Å². The molecule has 0 amide bonds. The monoisotopic (exact) mass is 529 g/mol. The Kier molecular flexibility index (Phi) is 9.19. The van der Waals surface area contributed by atoms with Crippen molar-refractivity contribution in [2.75, 3.05) is 10.8 Å². The lowest BCUT2D eigenvalue weighted by Gasteiger charge is -2.27. The number of anilines is 1. The van der Waals surface area contributed by atoms with Crippen molar-refractivity contribution in [2.45, 2.75) is 56.8 Å². The molecule has 6 heteroatoms. The van der Waals surface area contributed by atoms with Gasteiger partial charge in [-0.25, -0.2) is 13.2 Å². The minimum atomic E-state index is -3.83. The summed E-state index contributed by atoms with van der Waals surface area (Å²) in [5.74, 6) is -0.949. The zero-order valence-corrected chi connectivity index (χ0v) is 22.7. The van der Waals surface area contributed by atoms with Crippen LogP contribution in [0.25, 0.3) is 10.8 Å². The van der Waals surface area contributed by atoms with Gasteiger partial charge in [0.15, 0.2) is 0 Å². The number of sulfonamides is 1. The second-order valence-electron chi connectivity index (χ2n) is 9.60. The topological polar surface area (TPSA) is 74.7 Å². The maximum absolute atomic E-state index is 14.3. The maximum atomic E-state index is 14.3. The fraction of sp³-hybridized carbons (Fsp3) is 0.281. The summed E-state index contributed by atoms with van der Waals surface area (Å²) in [4.78, 5) is 11.5. The third-order valence-electron chi connectivity index (χ3n) is 6.93. The van der Waals surface area contributed by atoms with E-state index in [1.165, 1.54) is 0 Å².